The summed E-state index contributed by atoms with van der Waals surface area (Å²) in [6.45, 7) is 0. The average Bonchev–Trinajstić information content (AvgIpc) is 2.94. The Hall–Kier alpha value is -2.96. The minimum absolute atomic E-state index is 0.138. The van der Waals surface area contributed by atoms with Gasteiger partial charge in [-0.2, -0.15) is 5.10 Å². The Morgan fingerprint density at radius 3 is 2.84 bits per heavy atom. The number of nitrogens with zero attached hydrogens (tertiary/aromatic N) is 3. The topological polar surface area (TPSA) is 111 Å². The first-order valence-electron chi connectivity index (χ1n) is 5.46. The average molecular weight is 255 g/mol. The number of hydrogen-bond donors (Lipinski definition) is 2. The highest BCUT2D eigenvalue weighted by Crippen LogP contribution is 2.28. The van der Waals surface area contributed by atoms with Crippen molar-refractivity contribution in [3.8, 4) is 22.7 Å². The number of nitrogens with two attached hydrogens (primary N) is 1. The molecular formula is C12H9N5O2. The number of aromatic amines is 1. The third kappa shape index (κ3) is 2.08. The largest absolute Gasteiger partial charge is 0.463 e. The Labute approximate surface area is 107 Å². The van der Waals surface area contributed by atoms with Crippen LogP contribution in [0.3, 0.4) is 0 Å². The summed E-state index contributed by atoms with van der Waals surface area (Å²) in [5.41, 5.74) is 7.00. The van der Waals surface area contributed by atoms with Gasteiger partial charge >= 0.3 is 0 Å². The van der Waals surface area contributed by atoms with Gasteiger partial charge in [-0.25, -0.2) is 15.1 Å². The van der Waals surface area contributed by atoms with Gasteiger partial charge < -0.3 is 10.2 Å². The van der Waals surface area contributed by atoms with Crippen LogP contribution in [0.4, 0.5) is 5.95 Å². The highest BCUT2D eigenvalue weighted by Gasteiger charge is 2.14. The Balaban J connectivity index is 2.21. The first kappa shape index (κ1) is 11.1. The van der Waals surface area contributed by atoms with Crippen molar-refractivity contribution in [2.45, 2.75) is 0 Å². The standard InChI is InChI=1S/C12H9N5O2/c13-12-14-6-7(8-3-4-10(18)17-16-8)11(15-12)9-2-1-5-19-9/h1-6H,(H,17,18)(H2,13,14,15). The summed E-state index contributed by atoms with van der Waals surface area (Å²) in [5.74, 6) is 0.691. The number of rotatable bonds is 2. The van der Waals surface area contributed by atoms with Gasteiger partial charge in [0.05, 0.1) is 17.5 Å². The minimum atomic E-state index is -0.278. The molecule has 3 heterocycles. The lowest BCUT2D eigenvalue weighted by Gasteiger charge is -2.05. The molecule has 0 bridgehead atoms. The normalized spacial score (nSPS) is 10.5. The third-order valence-corrected chi connectivity index (χ3v) is 2.52. The molecule has 3 aromatic rings. The van der Waals surface area contributed by atoms with Crippen molar-refractivity contribution in [3.05, 3.63) is 47.1 Å². The molecule has 94 valence electrons. The molecule has 19 heavy (non-hydrogen) atoms. The molecule has 0 aliphatic carbocycles. The maximum atomic E-state index is 11.0. The molecule has 7 heteroatoms. The van der Waals surface area contributed by atoms with E-state index in [0.717, 1.165) is 0 Å². The van der Waals surface area contributed by atoms with Crippen LogP contribution in [0.25, 0.3) is 22.7 Å². The maximum Gasteiger partial charge on any atom is 0.264 e. The van der Waals surface area contributed by atoms with Crippen LogP contribution in [0.1, 0.15) is 0 Å². The Kier molecular flexibility index (Phi) is 2.57. The molecule has 0 radical (unpaired) electrons. The molecule has 0 aliphatic heterocycles. The fourth-order valence-corrected chi connectivity index (χ4v) is 1.68. The SMILES string of the molecule is Nc1ncc(-c2ccc(=O)[nH]n2)c(-c2ccco2)n1. The predicted octanol–water partition coefficient (Wildman–Crippen LogP) is 1.07. The van der Waals surface area contributed by atoms with E-state index in [-0.39, 0.29) is 11.5 Å². The van der Waals surface area contributed by atoms with Crippen molar-refractivity contribution >= 4 is 5.95 Å². The van der Waals surface area contributed by atoms with Gasteiger partial charge in [0.1, 0.15) is 5.69 Å². The van der Waals surface area contributed by atoms with E-state index in [1.165, 1.54) is 12.3 Å². The summed E-state index contributed by atoms with van der Waals surface area (Å²) in [6, 6.07) is 6.47. The number of H-pyrrole nitrogens is 1. The van der Waals surface area contributed by atoms with Gasteiger partial charge in [0.25, 0.3) is 5.56 Å². The van der Waals surface area contributed by atoms with Gasteiger partial charge in [-0.05, 0) is 18.2 Å². The molecule has 0 saturated heterocycles. The molecule has 0 atom stereocenters. The molecular weight excluding hydrogens is 246 g/mol. The van der Waals surface area contributed by atoms with E-state index in [9.17, 15) is 4.79 Å². The van der Waals surface area contributed by atoms with E-state index in [2.05, 4.69) is 20.2 Å². The molecule has 0 aliphatic rings. The van der Waals surface area contributed by atoms with E-state index in [1.54, 1.807) is 24.4 Å². The van der Waals surface area contributed by atoms with Crippen LogP contribution in [0.2, 0.25) is 0 Å². The zero-order chi connectivity index (χ0) is 13.2. The molecule has 3 rings (SSSR count). The monoisotopic (exact) mass is 255 g/mol. The second-order valence-corrected chi connectivity index (χ2v) is 3.77. The van der Waals surface area contributed by atoms with Crippen LogP contribution in [-0.4, -0.2) is 20.2 Å². The van der Waals surface area contributed by atoms with Crippen LogP contribution >= 0.6 is 0 Å². The predicted molar refractivity (Wildman–Crippen MR) is 68.0 cm³/mol. The van der Waals surface area contributed by atoms with Gasteiger partial charge in [0.15, 0.2) is 5.76 Å². The maximum absolute atomic E-state index is 11.0. The Morgan fingerprint density at radius 1 is 1.26 bits per heavy atom. The number of anilines is 1. The molecule has 0 saturated carbocycles. The molecule has 7 nitrogen and oxygen atoms in total. The third-order valence-electron chi connectivity index (χ3n) is 2.52. The van der Waals surface area contributed by atoms with Crippen molar-refractivity contribution in [2.75, 3.05) is 5.73 Å². The summed E-state index contributed by atoms with van der Waals surface area (Å²) in [7, 11) is 0. The van der Waals surface area contributed by atoms with Crippen LogP contribution in [0, 0.1) is 0 Å². The Morgan fingerprint density at radius 2 is 2.16 bits per heavy atom. The van der Waals surface area contributed by atoms with Gasteiger partial charge in [-0.3, -0.25) is 4.79 Å². The lowest BCUT2D eigenvalue weighted by molar-refractivity contribution is 0.580. The van der Waals surface area contributed by atoms with E-state index in [1.807, 2.05) is 0 Å². The van der Waals surface area contributed by atoms with E-state index < -0.39 is 0 Å². The summed E-state index contributed by atoms with van der Waals surface area (Å²) in [6.07, 6.45) is 3.08. The number of hydrogen-bond acceptors (Lipinski definition) is 6. The summed E-state index contributed by atoms with van der Waals surface area (Å²) >= 11 is 0. The van der Waals surface area contributed by atoms with Crippen LogP contribution in [0.5, 0.6) is 0 Å². The minimum Gasteiger partial charge on any atom is -0.463 e. The fraction of sp³-hybridized carbons (Fsp3) is 0. The lowest BCUT2D eigenvalue weighted by atomic mass is 10.1. The highest BCUT2D eigenvalue weighted by molar-refractivity contribution is 5.76. The second kappa shape index (κ2) is 4.37. The molecule has 0 aromatic carbocycles. The molecule has 3 aromatic heterocycles. The summed E-state index contributed by atoms with van der Waals surface area (Å²) in [4.78, 5) is 19.1. The number of aromatic nitrogens is 4. The van der Waals surface area contributed by atoms with Crippen molar-refractivity contribution in [2.24, 2.45) is 0 Å². The first-order valence-corrected chi connectivity index (χ1v) is 5.46. The summed E-state index contributed by atoms with van der Waals surface area (Å²) < 4.78 is 5.31. The highest BCUT2D eigenvalue weighted by atomic mass is 16.3. The lowest BCUT2D eigenvalue weighted by Crippen LogP contribution is -2.06. The van der Waals surface area contributed by atoms with Crippen LogP contribution < -0.4 is 11.3 Å². The van der Waals surface area contributed by atoms with Crippen molar-refractivity contribution in [1.82, 2.24) is 20.2 Å². The number of nitrogens with one attached hydrogen (secondary N) is 1. The van der Waals surface area contributed by atoms with Gasteiger partial charge in [0, 0.05) is 12.3 Å². The van der Waals surface area contributed by atoms with Crippen LogP contribution in [-0.2, 0) is 0 Å². The number of furan rings is 1. The molecule has 0 amide bonds. The quantitative estimate of drug-likeness (QED) is 0.708. The molecule has 3 N–H and O–H groups in total. The van der Waals surface area contributed by atoms with Gasteiger partial charge in [-0.1, -0.05) is 0 Å². The van der Waals surface area contributed by atoms with Gasteiger partial charge in [-0.15, -0.1) is 0 Å². The van der Waals surface area contributed by atoms with Crippen LogP contribution in [0.15, 0.2) is 45.9 Å². The summed E-state index contributed by atoms with van der Waals surface area (Å²) in [5, 5.41) is 6.31. The van der Waals surface area contributed by atoms with Gasteiger partial charge in [0.2, 0.25) is 5.95 Å². The molecule has 0 fully saturated rings. The van der Waals surface area contributed by atoms with Crippen molar-refractivity contribution in [3.63, 3.8) is 0 Å². The Bertz CT molecular complexity index is 744. The zero-order valence-corrected chi connectivity index (χ0v) is 9.70. The van der Waals surface area contributed by atoms with E-state index in [4.69, 9.17) is 10.2 Å². The van der Waals surface area contributed by atoms with E-state index >= 15 is 0 Å². The van der Waals surface area contributed by atoms with Crippen molar-refractivity contribution in [1.29, 1.82) is 0 Å². The van der Waals surface area contributed by atoms with Crippen molar-refractivity contribution < 1.29 is 4.42 Å². The first-order chi connectivity index (χ1) is 9.24. The fourth-order valence-electron chi connectivity index (χ4n) is 1.68. The molecule has 0 unspecified atom stereocenters. The van der Waals surface area contributed by atoms with E-state index in [0.29, 0.717) is 22.7 Å². The zero-order valence-electron chi connectivity index (χ0n) is 9.70. The molecule has 0 spiro atoms. The second-order valence-electron chi connectivity index (χ2n) is 3.77. The smallest absolute Gasteiger partial charge is 0.264 e. The number of nitrogen functional groups attached to an aromatic ring is 1.